The second-order valence-corrected chi connectivity index (χ2v) is 5.98. The summed E-state index contributed by atoms with van der Waals surface area (Å²) in [7, 11) is 0. The summed E-state index contributed by atoms with van der Waals surface area (Å²) in [5.74, 6) is 0.709. The van der Waals surface area contributed by atoms with Crippen LogP contribution in [0.25, 0.3) is 0 Å². The quantitative estimate of drug-likeness (QED) is 0.871. The minimum absolute atomic E-state index is 0.416. The van der Waals surface area contributed by atoms with Crippen molar-refractivity contribution >= 4 is 0 Å². The normalized spacial score (nSPS) is 18.5. The Morgan fingerprint density at radius 2 is 1.74 bits per heavy atom. The Bertz CT molecular complexity index is 374. The van der Waals surface area contributed by atoms with E-state index in [1.54, 1.807) is 0 Å². The Balaban J connectivity index is 1.78. The maximum Gasteiger partial charge on any atom is 0.102 e. The molecule has 1 aromatic carbocycles. The van der Waals surface area contributed by atoms with Crippen LogP contribution < -0.4 is 0 Å². The Labute approximate surface area is 116 Å². The fraction of sp³-hybridized carbons (Fsp3) is 0.647. The van der Waals surface area contributed by atoms with Gasteiger partial charge in [-0.1, -0.05) is 48.6 Å². The van der Waals surface area contributed by atoms with Crippen molar-refractivity contribution in [3.63, 3.8) is 0 Å². The van der Waals surface area contributed by atoms with Gasteiger partial charge in [-0.25, -0.2) is 0 Å². The molecule has 0 radical (unpaired) electrons. The van der Waals surface area contributed by atoms with Gasteiger partial charge in [0.05, 0.1) is 6.61 Å². The highest BCUT2D eigenvalue weighted by Crippen LogP contribution is 2.24. The zero-order valence-electron chi connectivity index (χ0n) is 12.2. The van der Waals surface area contributed by atoms with E-state index in [0.29, 0.717) is 12.5 Å². The molecule has 0 spiro atoms. The average molecular weight is 262 g/mol. The predicted octanol–water partition coefficient (Wildman–Crippen LogP) is 3.93. The lowest BCUT2D eigenvalue weighted by Crippen LogP contribution is -2.16. The zero-order chi connectivity index (χ0) is 13.7. The monoisotopic (exact) mass is 262 g/mol. The van der Waals surface area contributed by atoms with Crippen molar-refractivity contribution in [1.82, 2.24) is 0 Å². The van der Waals surface area contributed by atoms with Crippen molar-refractivity contribution in [3.8, 4) is 0 Å². The van der Waals surface area contributed by atoms with Crippen LogP contribution in [0.5, 0.6) is 0 Å². The Hall–Kier alpha value is -0.860. The van der Waals surface area contributed by atoms with Gasteiger partial charge in [-0.3, -0.25) is 0 Å². The molecule has 1 saturated carbocycles. The van der Waals surface area contributed by atoms with Gasteiger partial charge in [0.25, 0.3) is 0 Å². The molecule has 0 saturated heterocycles. The molecule has 1 aliphatic carbocycles. The lowest BCUT2D eigenvalue weighted by Gasteiger charge is -2.22. The summed E-state index contributed by atoms with van der Waals surface area (Å²) in [5, 5.41) is 10.2. The van der Waals surface area contributed by atoms with Gasteiger partial charge in [0, 0.05) is 6.61 Å². The first-order chi connectivity index (χ1) is 9.15. The molecule has 1 atom stereocenters. The highest BCUT2D eigenvalue weighted by molar-refractivity contribution is 5.29. The molecule has 1 aromatic rings. The minimum Gasteiger partial charge on any atom is -0.386 e. The molecule has 0 bridgehead atoms. The van der Waals surface area contributed by atoms with Gasteiger partial charge in [-0.05, 0) is 38.2 Å². The Morgan fingerprint density at radius 3 is 2.37 bits per heavy atom. The molecular formula is C17H26O2. The predicted molar refractivity (Wildman–Crippen MR) is 78.3 cm³/mol. The highest BCUT2D eigenvalue weighted by atomic mass is 16.5. The maximum absolute atomic E-state index is 10.2. The van der Waals surface area contributed by atoms with Gasteiger partial charge in [0.1, 0.15) is 6.10 Å². The molecule has 1 N–H and O–H groups in total. The molecule has 0 amide bonds. The molecule has 1 fully saturated rings. The smallest absolute Gasteiger partial charge is 0.102 e. The lowest BCUT2D eigenvalue weighted by atomic mass is 9.90. The van der Waals surface area contributed by atoms with E-state index in [1.807, 2.05) is 12.1 Å². The van der Waals surface area contributed by atoms with E-state index in [4.69, 9.17) is 4.74 Å². The fourth-order valence-corrected chi connectivity index (χ4v) is 3.00. The third-order valence-corrected chi connectivity index (χ3v) is 3.98. The van der Waals surface area contributed by atoms with E-state index in [-0.39, 0.29) is 0 Å². The third-order valence-electron chi connectivity index (χ3n) is 3.98. The van der Waals surface area contributed by atoms with Crippen LogP contribution >= 0.6 is 0 Å². The second-order valence-electron chi connectivity index (χ2n) is 5.98. The van der Waals surface area contributed by atoms with Gasteiger partial charge in [-0.2, -0.15) is 0 Å². The van der Waals surface area contributed by atoms with Gasteiger partial charge < -0.3 is 9.84 Å². The van der Waals surface area contributed by atoms with Crippen molar-refractivity contribution in [2.24, 2.45) is 5.92 Å². The molecule has 2 heteroatoms. The first kappa shape index (κ1) is 14.5. The topological polar surface area (TPSA) is 29.5 Å². The minimum atomic E-state index is -0.498. The van der Waals surface area contributed by atoms with Gasteiger partial charge in [0.2, 0.25) is 0 Å². The molecule has 19 heavy (non-hydrogen) atoms. The summed E-state index contributed by atoms with van der Waals surface area (Å²) in [4.78, 5) is 0. The van der Waals surface area contributed by atoms with Crippen LogP contribution in [0.4, 0.5) is 0 Å². The summed E-state index contributed by atoms with van der Waals surface area (Å²) in [6, 6.07) is 6.21. The molecule has 1 aliphatic rings. The van der Waals surface area contributed by atoms with Crippen LogP contribution in [0, 0.1) is 19.8 Å². The van der Waals surface area contributed by atoms with Crippen molar-refractivity contribution in [1.29, 1.82) is 0 Å². The molecular weight excluding hydrogens is 236 g/mol. The van der Waals surface area contributed by atoms with Crippen molar-refractivity contribution in [3.05, 3.63) is 34.9 Å². The van der Waals surface area contributed by atoms with Crippen LogP contribution in [0.2, 0.25) is 0 Å². The number of ether oxygens (including phenoxy) is 1. The lowest BCUT2D eigenvalue weighted by molar-refractivity contribution is 0.0146. The number of benzene rings is 1. The molecule has 0 aliphatic heterocycles. The maximum atomic E-state index is 10.2. The molecule has 0 heterocycles. The summed E-state index contributed by atoms with van der Waals surface area (Å²) in [6.45, 7) is 5.35. The third kappa shape index (κ3) is 4.63. The number of aliphatic hydroxyl groups is 1. The fourth-order valence-electron chi connectivity index (χ4n) is 3.00. The number of rotatable bonds is 5. The van der Waals surface area contributed by atoms with Crippen molar-refractivity contribution in [2.45, 2.75) is 52.1 Å². The standard InChI is InChI=1S/C17H26O2/c1-13-8-14(2)10-16(9-13)17(18)12-19-11-15-6-4-3-5-7-15/h8-10,15,17-18H,3-7,11-12H2,1-2H3. The van der Waals surface area contributed by atoms with E-state index < -0.39 is 6.10 Å². The second kappa shape index (κ2) is 7.06. The molecule has 2 nitrogen and oxygen atoms in total. The number of hydrogen-bond donors (Lipinski definition) is 1. The first-order valence-corrected chi connectivity index (χ1v) is 7.49. The van der Waals surface area contributed by atoms with E-state index in [1.165, 1.54) is 43.2 Å². The van der Waals surface area contributed by atoms with Crippen LogP contribution in [-0.2, 0) is 4.74 Å². The summed E-state index contributed by atoms with van der Waals surface area (Å²) in [5.41, 5.74) is 3.36. The summed E-state index contributed by atoms with van der Waals surface area (Å²) >= 11 is 0. The van der Waals surface area contributed by atoms with Crippen LogP contribution in [0.3, 0.4) is 0 Å². The van der Waals surface area contributed by atoms with Gasteiger partial charge >= 0.3 is 0 Å². The van der Waals surface area contributed by atoms with Crippen molar-refractivity contribution in [2.75, 3.05) is 13.2 Å². The number of aliphatic hydroxyl groups excluding tert-OH is 1. The Kier molecular flexibility index (Phi) is 5.41. The van der Waals surface area contributed by atoms with Crippen LogP contribution in [-0.4, -0.2) is 18.3 Å². The average Bonchev–Trinajstić information content (AvgIpc) is 2.38. The van der Waals surface area contributed by atoms with E-state index in [0.717, 1.165) is 12.2 Å². The van der Waals surface area contributed by atoms with Gasteiger partial charge in [0.15, 0.2) is 0 Å². The Morgan fingerprint density at radius 1 is 1.11 bits per heavy atom. The van der Waals surface area contributed by atoms with E-state index in [2.05, 4.69) is 19.9 Å². The largest absolute Gasteiger partial charge is 0.386 e. The summed E-state index contributed by atoms with van der Waals surface area (Å²) < 4.78 is 5.72. The zero-order valence-corrected chi connectivity index (χ0v) is 12.2. The van der Waals surface area contributed by atoms with Crippen LogP contribution in [0.15, 0.2) is 18.2 Å². The number of hydrogen-bond acceptors (Lipinski definition) is 2. The molecule has 1 unspecified atom stereocenters. The van der Waals surface area contributed by atoms with Gasteiger partial charge in [-0.15, -0.1) is 0 Å². The molecule has 2 rings (SSSR count). The number of aryl methyl sites for hydroxylation is 2. The van der Waals surface area contributed by atoms with E-state index >= 15 is 0 Å². The first-order valence-electron chi connectivity index (χ1n) is 7.49. The summed E-state index contributed by atoms with van der Waals surface area (Å²) in [6.07, 6.45) is 6.14. The molecule has 106 valence electrons. The van der Waals surface area contributed by atoms with Crippen molar-refractivity contribution < 1.29 is 9.84 Å². The SMILES string of the molecule is Cc1cc(C)cc(C(O)COCC2CCCCC2)c1. The highest BCUT2D eigenvalue weighted by Gasteiger charge is 2.15. The molecule has 0 aromatic heterocycles. The van der Waals surface area contributed by atoms with E-state index in [9.17, 15) is 5.11 Å². The van der Waals surface area contributed by atoms with Crippen LogP contribution in [0.1, 0.15) is 54.9 Å².